The molecule has 6 heteroatoms. The van der Waals surface area contributed by atoms with Crippen molar-refractivity contribution < 1.29 is 9.59 Å². The van der Waals surface area contributed by atoms with Crippen molar-refractivity contribution in [2.24, 2.45) is 5.92 Å². The molecule has 5 nitrogen and oxygen atoms in total. The Morgan fingerprint density at radius 3 is 2.48 bits per heavy atom. The van der Waals surface area contributed by atoms with Crippen molar-refractivity contribution in [3.8, 4) is 0 Å². The van der Waals surface area contributed by atoms with Gasteiger partial charge in [-0.2, -0.15) is 0 Å². The zero-order chi connectivity index (χ0) is 16.0. The van der Waals surface area contributed by atoms with Gasteiger partial charge in [0.1, 0.15) is 0 Å². The van der Waals surface area contributed by atoms with Gasteiger partial charge in [0.25, 0.3) is 0 Å². The number of aryl methyl sites for hydroxylation is 1. The molecule has 0 aromatic heterocycles. The summed E-state index contributed by atoms with van der Waals surface area (Å²) >= 11 is 3.37. The molecule has 3 amide bonds. The molecule has 1 unspecified atom stereocenters. The van der Waals surface area contributed by atoms with Gasteiger partial charge in [0.15, 0.2) is 0 Å². The second kappa shape index (κ2) is 8.02. The fourth-order valence-electron chi connectivity index (χ4n) is 1.55. The fourth-order valence-corrected chi connectivity index (χ4v) is 2.02. The first-order valence-electron chi connectivity index (χ1n) is 6.90. The van der Waals surface area contributed by atoms with E-state index in [2.05, 4.69) is 31.9 Å². The van der Waals surface area contributed by atoms with Crippen LogP contribution in [0.25, 0.3) is 0 Å². The van der Waals surface area contributed by atoms with Crippen LogP contribution in [-0.2, 0) is 4.79 Å². The molecule has 0 bridgehead atoms. The highest BCUT2D eigenvalue weighted by Crippen LogP contribution is 2.19. The van der Waals surface area contributed by atoms with Gasteiger partial charge in [-0.1, -0.05) is 29.8 Å². The van der Waals surface area contributed by atoms with Gasteiger partial charge in [-0.15, -0.1) is 0 Å². The van der Waals surface area contributed by atoms with E-state index in [4.69, 9.17) is 0 Å². The standard InChI is InChI=1S/C15H22BrN3O2/c1-9(2)11(4)18-15(21)17-8-14(20)19-13-6-5-12(16)7-10(13)3/h5-7,9,11H,8H2,1-4H3,(H,19,20)(H2,17,18,21). The van der Waals surface area contributed by atoms with Crippen molar-refractivity contribution in [3.05, 3.63) is 28.2 Å². The third-order valence-electron chi connectivity index (χ3n) is 3.23. The number of hydrogen-bond acceptors (Lipinski definition) is 2. The van der Waals surface area contributed by atoms with Crippen LogP contribution in [0.2, 0.25) is 0 Å². The average Bonchev–Trinajstić information content (AvgIpc) is 2.39. The minimum atomic E-state index is -0.334. The lowest BCUT2D eigenvalue weighted by atomic mass is 10.1. The molecule has 21 heavy (non-hydrogen) atoms. The van der Waals surface area contributed by atoms with Crippen molar-refractivity contribution >= 4 is 33.6 Å². The lowest BCUT2D eigenvalue weighted by molar-refractivity contribution is -0.115. The molecule has 0 saturated heterocycles. The SMILES string of the molecule is Cc1cc(Br)ccc1NC(=O)CNC(=O)NC(C)C(C)C. The van der Waals surface area contributed by atoms with Crippen molar-refractivity contribution in [2.75, 3.05) is 11.9 Å². The van der Waals surface area contributed by atoms with Gasteiger partial charge < -0.3 is 16.0 Å². The smallest absolute Gasteiger partial charge is 0.315 e. The van der Waals surface area contributed by atoms with Crippen LogP contribution in [0.3, 0.4) is 0 Å². The van der Waals surface area contributed by atoms with Crippen LogP contribution in [-0.4, -0.2) is 24.5 Å². The fraction of sp³-hybridized carbons (Fsp3) is 0.467. The van der Waals surface area contributed by atoms with Crippen LogP contribution in [0.1, 0.15) is 26.3 Å². The first kappa shape index (κ1) is 17.5. The van der Waals surface area contributed by atoms with Gasteiger partial charge in [0.05, 0.1) is 6.54 Å². The summed E-state index contributed by atoms with van der Waals surface area (Å²) in [6, 6.07) is 5.31. The maximum atomic E-state index is 11.8. The third-order valence-corrected chi connectivity index (χ3v) is 3.72. The van der Waals surface area contributed by atoms with E-state index in [1.54, 1.807) is 0 Å². The van der Waals surface area contributed by atoms with E-state index in [1.807, 2.05) is 45.9 Å². The molecule has 1 rings (SSSR count). The Morgan fingerprint density at radius 1 is 1.24 bits per heavy atom. The van der Waals surface area contributed by atoms with Gasteiger partial charge in [-0.3, -0.25) is 4.79 Å². The molecule has 1 aromatic rings. The highest BCUT2D eigenvalue weighted by molar-refractivity contribution is 9.10. The highest BCUT2D eigenvalue weighted by atomic mass is 79.9. The number of amides is 3. The summed E-state index contributed by atoms with van der Waals surface area (Å²) in [5.41, 5.74) is 1.69. The van der Waals surface area contributed by atoms with E-state index in [1.165, 1.54) is 0 Å². The largest absolute Gasteiger partial charge is 0.335 e. The summed E-state index contributed by atoms with van der Waals surface area (Å²) in [7, 11) is 0. The molecule has 0 saturated carbocycles. The average molecular weight is 356 g/mol. The van der Waals surface area contributed by atoms with Crippen LogP contribution in [0.15, 0.2) is 22.7 Å². The summed E-state index contributed by atoms with van der Waals surface area (Å²) in [4.78, 5) is 23.4. The first-order valence-corrected chi connectivity index (χ1v) is 7.69. The van der Waals surface area contributed by atoms with Crippen molar-refractivity contribution in [2.45, 2.75) is 33.7 Å². The minimum Gasteiger partial charge on any atom is -0.335 e. The number of carbonyl (C=O) groups excluding carboxylic acids is 2. The number of urea groups is 1. The molecule has 1 aromatic carbocycles. The molecule has 116 valence electrons. The maximum absolute atomic E-state index is 11.8. The van der Waals surface area contributed by atoms with Gasteiger partial charge in [0.2, 0.25) is 5.91 Å². The lowest BCUT2D eigenvalue weighted by Crippen LogP contribution is -2.45. The zero-order valence-electron chi connectivity index (χ0n) is 12.8. The Hall–Kier alpha value is -1.56. The monoisotopic (exact) mass is 355 g/mol. The normalized spacial score (nSPS) is 11.9. The molecule has 0 aliphatic carbocycles. The van der Waals surface area contributed by atoms with Crippen LogP contribution in [0, 0.1) is 12.8 Å². The predicted octanol–water partition coefficient (Wildman–Crippen LogP) is 3.04. The number of rotatable bonds is 5. The van der Waals surface area contributed by atoms with E-state index in [9.17, 15) is 9.59 Å². The number of hydrogen-bond donors (Lipinski definition) is 3. The number of anilines is 1. The Morgan fingerprint density at radius 2 is 1.90 bits per heavy atom. The molecule has 1 atom stereocenters. The van der Waals surface area contributed by atoms with E-state index in [0.29, 0.717) is 5.92 Å². The van der Waals surface area contributed by atoms with E-state index >= 15 is 0 Å². The zero-order valence-corrected chi connectivity index (χ0v) is 14.4. The molecular formula is C15H22BrN3O2. The Balaban J connectivity index is 2.42. The minimum absolute atomic E-state index is 0.0572. The van der Waals surface area contributed by atoms with E-state index in [0.717, 1.165) is 15.7 Å². The molecular weight excluding hydrogens is 334 g/mol. The Kier molecular flexibility index (Phi) is 6.68. The second-order valence-corrected chi connectivity index (χ2v) is 6.28. The first-order chi connectivity index (χ1) is 9.79. The summed E-state index contributed by atoms with van der Waals surface area (Å²) < 4.78 is 0.957. The van der Waals surface area contributed by atoms with Crippen LogP contribution in [0.5, 0.6) is 0 Å². The molecule has 0 aliphatic heterocycles. The number of carbonyl (C=O) groups is 2. The maximum Gasteiger partial charge on any atom is 0.315 e. The number of halogens is 1. The Bertz CT molecular complexity index is 518. The van der Waals surface area contributed by atoms with Crippen molar-refractivity contribution in [3.63, 3.8) is 0 Å². The topological polar surface area (TPSA) is 70.2 Å². The summed E-state index contributed by atoms with van der Waals surface area (Å²) in [6.07, 6.45) is 0. The second-order valence-electron chi connectivity index (χ2n) is 5.37. The molecule has 0 fully saturated rings. The third kappa shape index (κ3) is 6.16. The van der Waals surface area contributed by atoms with E-state index in [-0.39, 0.29) is 24.5 Å². The number of nitrogens with one attached hydrogen (secondary N) is 3. The van der Waals surface area contributed by atoms with Crippen molar-refractivity contribution in [1.29, 1.82) is 0 Å². The van der Waals surface area contributed by atoms with Crippen molar-refractivity contribution in [1.82, 2.24) is 10.6 Å². The molecule has 3 N–H and O–H groups in total. The van der Waals surface area contributed by atoms with E-state index < -0.39 is 0 Å². The molecule has 0 heterocycles. The summed E-state index contributed by atoms with van der Waals surface area (Å²) in [6.45, 7) is 7.81. The molecule has 0 radical (unpaired) electrons. The quantitative estimate of drug-likeness (QED) is 0.759. The highest BCUT2D eigenvalue weighted by Gasteiger charge is 2.11. The van der Waals surface area contributed by atoms with Gasteiger partial charge in [-0.25, -0.2) is 4.79 Å². The molecule has 0 spiro atoms. The van der Waals surface area contributed by atoms with Crippen LogP contribution < -0.4 is 16.0 Å². The van der Waals surface area contributed by atoms with Gasteiger partial charge in [0, 0.05) is 16.2 Å². The van der Waals surface area contributed by atoms with Crippen LogP contribution >= 0.6 is 15.9 Å². The van der Waals surface area contributed by atoms with Gasteiger partial charge >= 0.3 is 6.03 Å². The number of benzene rings is 1. The predicted molar refractivity (Wildman–Crippen MR) is 88.3 cm³/mol. The summed E-state index contributed by atoms with van der Waals surface area (Å²) in [5.74, 6) is 0.0859. The lowest BCUT2D eigenvalue weighted by Gasteiger charge is -2.17. The summed E-state index contributed by atoms with van der Waals surface area (Å²) in [5, 5.41) is 8.10. The van der Waals surface area contributed by atoms with Gasteiger partial charge in [-0.05, 0) is 43.5 Å². The Labute approximate surface area is 134 Å². The molecule has 0 aliphatic rings. The van der Waals surface area contributed by atoms with Crippen LogP contribution in [0.4, 0.5) is 10.5 Å².